The van der Waals surface area contributed by atoms with Crippen molar-refractivity contribution in [2.45, 2.75) is 33.1 Å². The summed E-state index contributed by atoms with van der Waals surface area (Å²) in [6.07, 6.45) is 6.80. The molecule has 0 amide bonds. The highest BCUT2D eigenvalue weighted by Crippen LogP contribution is 2.19. The van der Waals surface area contributed by atoms with Crippen molar-refractivity contribution in [1.82, 2.24) is 0 Å². The Morgan fingerprint density at radius 3 is 2.92 bits per heavy atom. The first-order valence-electron chi connectivity index (χ1n) is 4.28. The van der Waals surface area contributed by atoms with Crippen LogP contribution in [0.25, 0.3) is 0 Å². The van der Waals surface area contributed by atoms with Gasteiger partial charge < -0.3 is 4.74 Å². The minimum Gasteiger partial charge on any atom is -0.428 e. The Kier molecular flexibility index (Phi) is 3.09. The van der Waals surface area contributed by atoms with E-state index in [4.69, 9.17) is 4.74 Å². The Balaban J connectivity index is 2.46. The molecule has 0 fully saturated rings. The number of carbonyl (C=O) groups excluding carboxylic acids is 1. The molecule has 0 aromatic rings. The summed E-state index contributed by atoms with van der Waals surface area (Å²) >= 11 is 0. The molecule has 0 spiro atoms. The van der Waals surface area contributed by atoms with Crippen molar-refractivity contribution in [2.24, 2.45) is 0 Å². The van der Waals surface area contributed by atoms with Crippen molar-refractivity contribution in [3.8, 4) is 0 Å². The maximum atomic E-state index is 11.2. The third-order valence-corrected chi connectivity index (χ3v) is 1.98. The second-order valence-corrected chi connectivity index (χ2v) is 2.92. The Morgan fingerprint density at radius 2 is 2.42 bits per heavy atom. The van der Waals surface area contributed by atoms with Gasteiger partial charge in [0.05, 0.1) is 0 Å². The molecule has 12 heavy (non-hydrogen) atoms. The van der Waals surface area contributed by atoms with Crippen LogP contribution in [-0.4, -0.2) is 5.97 Å². The van der Waals surface area contributed by atoms with E-state index >= 15 is 0 Å². The van der Waals surface area contributed by atoms with E-state index < -0.39 is 0 Å². The molecule has 66 valence electrons. The van der Waals surface area contributed by atoms with Gasteiger partial charge in [0.1, 0.15) is 5.76 Å². The van der Waals surface area contributed by atoms with E-state index in [1.54, 1.807) is 13.0 Å². The van der Waals surface area contributed by atoms with Gasteiger partial charge >= 0.3 is 5.97 Å². The summed E-state index contributed by atoms with van der Waals surface area (Å²) in [6.45, 7) is 3.59. The fourth-order valence-corrected chi connectivity index (χ4v) is 1.05. The monoisotopic (exact) mass is 166 g/mol. The number of hydrogen-bond donors (Lipinski definition) is 0. The van der Waals surface area contributed by atoms with Gasteiger partial charge in [-0.3, -0.25) is 0 Å². The molecule has 0 heterocycles. The van der Waals surface area contributed by atoms with Crippen LogP contribution in [0.2, 0.25) is 0 Å². The lowest BCUT2D eigenvalue weighted by atomic mass is 10.3. The van der Waals surface area contributed by atoms with E-state index in [0.717, 1.165) is 25.0 Å². The molecule has 0 aromatic carbocycles. The van der Waals surface area contributed by atoms with Crippen LogP contribution < -0.4 is 0 Å². The summed E-state index contributed by atoms with van der Waals surface area (Å²) in [4.78, 5) is 11.2. The molecule has 0 atom stereocenters. The zero-order chi connectivity index (χ0) is 8.97. The minimum absolute atomic E-state index is 0.217. The Morgan fingerprint density at radius 1 is 1.67 bits per heavy atom. The van der Waals surface area contributed by atoms with Gasteiger partial charge in [0.2, 0.25) is 0 Å². The van der Waals surface area contributed by atoms with Crippen LogP contribution >= 0.6 is 0 Å². The van der Waals surface area contributed by atoms with Crippen LogP contribution in [0.1, 0.15) is 33.1 Å². The van der Waals surface area contributed by atoms with E-state index in [1.165, 1.54) is 0 Å². The SMILES string of the molecule is CC=C(C)C(=O)OC1=CCCC1. The van der Waals surface area contributed by atoms with E-state index in [0.29, 0.717) is 5.57 Å². The number of rotatable bonds is 2. The van der Waals surface area contributed by atoms with Gasteiger partial charge in [0, 0.05) is 12.0 Å². The summed E-state index contributed by atoms with van der Waals surface area (Å²) in [5.74, 6) is 0.617. The molecular weight excluding hydrogens is 152 g/mol. The molecule has 0 saturated heterocycles. The van der Waals surface area contributed by atoms with Crippen molar-refractivity contribution in [3.63, 3.8) is 0 Å². The van der Waals surface area contributed by atoms with Crippen molar-refractivity contribution in [3.05, 3.63) is 23.5 Å². The average Bonchev–Trinajstić information content (AvgIpc) is 2.55. The van der Waals surface area contributed by atoms with Gasteiger partial charge in [-0.2, -0.15) is 0 Å². The highest BCUT2D eigenvalue weighted by atomic mass is 16.5. The number of carbonyl (C=O) groups is 1. The molecule has 0 saturated carbocycles. The van der Waals surface area contributed by atoms with Crippen LogP contribution in [-0.2, 0) is 9.53 Å². The van der Waals surface area contributed by atoms with E-state index in [-0.39, 0.29) is 5.97 Å². The summed E-state index contributed by atoms with van der Waals surface area (Å²) in [7, 11) is 0. The second kappa shape index (κ2) is 4.10. The maximum absolute atomic E-state index is 11.2. The lowest BCUT2D eigenvalue weighted by Gasteiger charge is -2.03. The molecule has 0 bridgehead atoms. The molecule has 1 rings (SSSR count). The lowest BCUT2D eigenvalue weighted by Crippen LogP contribution is -2.04. The number of allylic oxidation sites excluding steroid dienone is 3. The number of hydrogen-bond acceptors (Lipinski definition) is 2. The largest absolute Gasteiger partial charge is 0.428 e. The zero-order valence-corrected chi connectivity index (χ0v) is 7.59. The van der Waals surface area contributed by atoms with Gasteiger partial charge in [-0.05, 0) is 32.8 Å². The zero-order valence-electron chi connectivity index (χ0n) is 7.59. The van der Waals surface area contributed by atoms with Gasteiger partial charge in [-0.15, -0.1) is 0 Å². The first-order chi connectivity index (χ1) is 5.74. The molecule has 2 heteroatoms. The second-order valence-electron chi connectivity index (χ2n) is 2.92. The quantitative estimate of drug-likeness (QED) is 0.465. The van der Waals surface area contributed by atoms with Crippen LogP contribution in [0.3, 0.4) is 0 Å². The third-order valence-electron chi connectivity index (χ3n) is 1.98. The standard InChI is InChI=1S/C10H14O2/c1-3-8(2)10(11)12-9-6-4-5-7-9/h3,6H,4-5,7H2,1-2H3. The van der Waals surface area contributed by atoms with Gasteiger partial charge in [-0.1, -0.05) is 6.08 Å². The first kappa shape index (κ1) is 9.04. The molecule has 0 unspecified atom stereocenters. The Hall–Kier alpha value is -1.05. The topological polar surface area (TPSA) is 26.3 Å². The highest BCUT2D eigenvalue weighted by molar-refractivity contribution is 5.88. The van der Waals surface area contributed by atoms with Crippen LogP contribution in [0.5, 0.6) is 0 Å². The van der Waals surface area contributed by atoms with Crippen molar-refractivity contribution >= 4 is 5.97 Å². The highest BCUT2D eigenvalue weighted by Gasteiger charge is 2.11. The summed E-state index contributed by atoms with van der Waals surface area (Å²) < 4.78 is 5.12. The first-order valence-corrected chi connectivity index (χ1v) is 4.28. The molecule has 1 aliphatic carbocycles. The number of esters is 1. The molecule has 2 nitrogen and oxygen atoms in total. The molecule has 0 aliphatic heterocycles. The Bertz CT molecular complexity index is 236. The van der Waals surface area contributed by atoms with E-state index in [9.17, 15) is 4.79 Å². The third kappa shape index (κ3) is 2.22. The van der Waals surface area contributed by atoms with Gasteiger partial charge in [0.25, 0.3) is 0 Å². The summed E-state index contributed by atoms with van der Waals surface area (Å²) in [5, 5.41) is 0. The fourth-order valence-electron chi connectivity index (χ4n) is 1.05. The molecule has 0 N–H and O–H groups in total. The summed E-state index contributed by atoms with van der Waals surface area (Å²) in [6, 6.07) is 0. The number of ether oxygens (including phenoxy) is 1. The Labute approximate surface area is 72.9 Å². The average molecular weight is 166 g/mol. The van der Waals surface area contributed by atoms with Crippen molar-refractivity contribution in [1.29, 1.82) is 0 Å². The molecule has 0 radical (unpaired) electrons. The normalized spacial score (nSPS) is 17.5. The fraction of sp³-hybridized carbons (Fsp3) is 0.500. The maximum Gasteiger partial charge on any atom is 0.338 e. The molecular formula is C10H14O2. The van der Waals surface area contributed by atoms with E-state index in [1.807, 2.05) is 13.0 Å². The summed E-state index contributed by atoms with van der Waals surface area (Å²) in [5.41, 5.74) is 0.669. The predicted octanol–water partition coefficient (Wildman–Crippen LogP) is 2.56. The van der Waals surface area contributed by atoms with Crippen LogP contribution in [0.15, 0.2) is 23.5 Å². The van der Waals surface area contributed by atoms with Crippen LogP contribution in [0.4, 0.5) is 0 Å². The molecule has 0 aromatic heterocycles. The predicted molar refractivity (Wildman–Crippen MR) is 47.5 cm³/mol. The molecule has 1 aliphatic rings. The minimum atomic E-state index is -0.217. The van der Waals surface area contributed by atoms with Crippen LogP contribution in [0, 0.1) is 0 Å². The lowest BCUT2D eigenvalue weighted by molar-refractivity contribution is -0.135. The smallest absolute Gasteiger partial charge is 0.338 e. The van der Waals surface area contributed by atoms with Crippen molar-refractivity contribution < 1.29 is 9.53 Å². The van der Waals surface area contributed by atoms with E-state index in [2.05, 4.69) is 0 Å². The van der Waals surface area contributed by atoms with Gasteiger partial charge in [0.15, 0.2) is 0 Å². The van der Waals surface area contributed by atoms with Crippen molar-refractivity contribution in [2.75, 3.05) is 0 Å². The van der Waals surface area contributed by atoms with Gasteiger partial charge in [-0.25, -0.2) is 4.79 Å².